The minimum Gasteiger partial charge on any atom is -0.480 e. The van der Waals surface area contributed by atoms with Gasteiger partial charge in [0.15, 0.2) is 0 Å². The van der Waals surface area contributed by atoms with E-state index in [0.29, 0.717) is 6.42 Å². The van der Waals surface area contributed by atoms with Gasteiger partial charge in [0.2, 0.25) is 5.91 Å². The van der Waals surface area contributed by atoms with E-state index in [1.54, 1.807) is 0 Å². The maximum absolute atomic E-state index is 11.2. The summed E-state index contributed by atoms with van der Waals surface area (Å²) in [5.74, 6) is -1.14. The largest absolute Gasteiger partial charge is 0.480 e. The Morgan fingerprint density at radius 3 is 1.84 bits per heavy atom. The van der Waals surface area contributed by atoms with Gasteiger partial charge in [-0.1, -0.05) is 58.3 Å². The summed E-state index contributed by atoms with van der Waals surface area (Å²) in [6, 6.07) is 0. The van der Waals surface area contributed by atoms with Crippen molar-refractivity contribution in [1.29, 1.82) is 0 Å². The third-order valence-electron chi connectivity index (χ3n) is 2.94. The molecular formula is C14H27NO3Zn. The molecule has 4 nitrogen and oxygen atoms in total. The zero-order valence-electron chi connectivity index (χ0n) is 12.2. The van der Waals surface area contributed by atoms with Gasteiger partial charge in [-0.2, -0.15) is 0 Å². The molecule has 0 spiro atoms. The maximum atomic E-state index is 11.2. The van der Waals surface area contributed by atoms with Crippen LogP contribution < -0.4 is 5.32 Å². The number of aliphatic carboxylic acids is 1. The molecule has 0 aliphatic carbocycles. The Labute approximate surface area is 129 Å². The van der Waals surface area contributed by atoms with Gasteiger partial charge in [-0.25, -0.2) is 0 Å². The first-order valence-electron chi connectivity index (χ1n) is 7.15. The van der Waals surface area contributed by atoms with Crippen LogP contribution in [0.2, 0.25) is 0 Å². The second-order valence-corrected chi connectivity index (χ2v) is 4.75. The third kappa shape index (κ3) is 17.6. The molecule has 2 N–H and O–H groups in total. The van der Waals surface area contributed by atoms with Gasteiger partial charge in [-0.15, -0.1) is 0 Å². The van der Waals surface area contributed by atoms with Crippen LogP contribution in [-0.4, -0.2) is 23.5 Å². The van der Waals surface area contributed by atoms with Gasteiger partial charge >= 0.3 is 5.97 Å². The van der Waals surface area contributed by atoms with Crippen molar-refractivity contribution in [2.45, 2.75) is 71.1 Å². The number of nitrogens with one attached hydrogen (secondary N) is 1. The molecule has 5 heteroatoms. The topological polar surface area (TPSA) is 66.4 Å². The second-order valence-electron chi connectivity index (χ2n) is 4.75. The van der Waals surface area contributed by atoms with Crippen LogP contribution in [0.4, 0.5) is 0 Å². The molecule has 0 aromatic carbocycles. The van der Waals surface area contributed by atoms with Crippen molar-refractivity contribution in [2.24, 2.45) is 0 Å². The summed E-state index contributed by atoms with van der Waals surface area (Å²) >= 11 is 0. The SMILES string of the molecule is CCCCCCCCCCCC(=O)NCC(=O)O.[Zn]. The average Bonchev–Trinajstić information content (AvgIpc) is 2.34. The molecule has 0 unspecified atom stereocenters. The fourth-order valence-corrected chi connectivity index (χ4v) is 1.86. The first kappa shape index (κ1) is 20.9. The first-order chi connectivity index (χ1) is 8.66. The van der Waals surface area contributed by atoms with Crippen molar-refractivity contribution in [3.05, 3.63) is 0 Å². The van der Waals surface area contributed by atoms with E-state index in [-0.39, 0.29) is 31.9 Å². The summed E-state index contributed by atoms with van der Waals surface area (Å²) in [5, 5.41) is 10.7. The summed E-state index contributed by atoms with van der Waals surface area (Å²) in [6.07, 6.45) is 11.4. The molecule has 1 amide bonds. The summed E-state index contributed by atoms with van der Waals surface area (Å²) in [5.41, 5.74) is 0. The van der Waals surface area contributed by atoms with Crippen LogP contribution in [0.15, 0.2) is 0 Å². The van der Waals surface area contributed by atoms with Gasteiger partial charge in [-0.3, -0.25) is 9.59 Å². The molecule has 0 saturated carbocycles. The Hall–Kier alpha value is -0.437. The van der Waals surface area contributed by atoms with Crippen molar-refractivity contribution in [3.8, 4) is 0 Å². The Morgan fingerprint density at radius 1 is 0.895 bits per heavy atom. The first-order valence-corrected chi connectivity index (χ1v) is 7.15. The maximum Gasteiger partial charge on any atom is 0.322 e. The molecule has 0 radical (unpaired) electrons. The van der Waals surface area contributed by atoms with Crippen LogP contribution in [0.1, 0.15) is 71.1 Å². The zero-order valence-corrected chi connectivity index (χ0v) is 15.2. The predicted octanol–water partition coefficient (Wildman–Crippen LogP) is 3.11. The van der Waals surface area contributed by atoms with Crippen LogP contribution in [0.25, 0.3) is 0 Å². The van der Waals surface area contributed by atoms with Gasteiger partial charge in [0.1, 0.15) is 6.54 Å². The predicted molar refractivity (Wildman–Crippen MR) is 72.5 cm³/mol. The van der Waals surface area contributed by atoms with E-state index < -0.39 is 5.97 Å². The fourth-order valence-electron chi connectivity index (χ4n) is 1.86. The molecule has 0 aromatic rings. The van der Waals surface area contributed by atoms with Crippen molar-refractivity contribution >= 4 is 11.9 Å². The van der Waals surface area contributed by atoms with Crippen molar-refractivity contribution in [3.63, 3.8) is 0 Å². The van der Waals surface area contributed by atoms with Crippen LogP contribution in [0, 0.1) is 0 Å². The smallest absolute Gasteiger partial charge is 0.322 e. The molecule has 0 rings (SSSR count). The minimum atomic E-state index is -0.990. The van der Waals surface area contributed by atoms with E-state index >= 15 is 0 Å². The number of carbonyl (C=O) groups excluding carboxylic acids is 1. The summed E-state index contributed by atoms with van der Waals surface area (Å²) < 4.78 is 0. The van der Waals surface area contributed by atoms with Crippen molar-refractivity contribution < 1.29 is 34.2 Å². The molecule has 0 saturated heterocycles. The van der Waals surface area contributed by atoms with Crippen LogP contribution >= 0.6 is 0 Å². The summed E-state index contributed by atoms with van der Waals surface area (Å²) in [6.45, 7) is 1.95. The molecule has 0 aliphatic rings. The normalized spacial score (nSPS) is 9.74. The zero-order chi connectivity index (χ0) is 13.6. The average molecular weight is 323 g/mol. The summed E-state index contributed by atoms with van der Waals surface area (Å²) in [7, 11) is 0. The number of hydrogen-bond acceptors (Lipinski definition) is 2. The molecule has 0 heterocycles. The van der Waals surface area contributed by atoms with Gasteiger partial charge < -0.3 is 10.4 Å². The number of unbranched alkanes of at least 4 members (excludes halogenated alkanes) is 8. The van der Waals surface area contributed by atoms with Gasteiger partial charge in [0.25, 0.3) is 0 Å². The molecule has 108 valence electrons. The molecular weight excluding hydrogens is 296 g/mol. The van der Waals surface area contributed by atoms with E-state index in [2.05, 4.69) is 12.2 Å². The number of hydrogen-bond donors (Lipinski definition) is 2. The molecule has 0 atom stereocenters. The molecule has 0 fully saturated rings. The summed E-state index contributed by atoms with van der Waals surface area (Å²) in [4.78, 5) is 21.4. The fraction of sp³-hybridized carbons (Fsp3) is 0.857. The van der Waals surface area contributed by atoms with E-state index in [9.17, 15) is 9.59 Å². The molecule has 0 aliphatic heterocycles. The Morgan fingerprint density at radius 2 is 1.37 bits per heavy atom. The van der Waals surface area contributed by atoms with Crippen LogP contribution in [0.3, 0.4) is 0 Å². The molecule has 19 heavy (non-hydrogen) atoms. The number of carboxylic acids is 1. The molecule has 0 aromatic heterocycles. The van der Waals surface area contributed by atoms with Gasteiger partial charge in [0, 0.05) is 25.9 Å². The second kappa shape index (κ2) is 15.6. The Kier molecular flexibility index (Phi) is 17.2. The van der Waals surface area contributed by atoms with E-state index in [0.717, 1.165) is 12.8 Å². The van der Waals surface area contributed by atoms with E-state index in [1.807, 2.05) is 0 Å². The van der Waals surface area contributed by atoms with E-state index in [1.165, 1.54) is 44.9 Å². The number of carbonyl (C=O) groups is 2. The number of amides is 1. The quantitative estimate of drug-likeness (QED) is 0.428. The number of rotatable bonds is 12. The Balaban J connectivity index is 0. The Bertz CT molecular complexity index is 235. The van der Waals surface area contributed by atoms with Crippen LogP contribution in [-0.2, 0) is 29.1 Å². The standard InChI is InChI=1S/C14H27NO3.Zn/c1-2-3-4-5-6-7-8-9-10-11-13(16)15-12-14(17)18;/h2-12H2,1H3,(H,15,16)(H,17,18);. The van der Waals surface area contributed by atoms with E-state index in [4.69, 9.17) is 5.11 Å². The van der Waals surface area contributed by atoms with Gasteiger partial charge in [-0.05, 0) is 6.42 Å². The third-order valence-corrected chi connectivity index (χ3v) is 2.94. The monoisotopic (exact) mass is 321 g/mol. The molecule has 0 bridgehead atoms. The van der Waals surface area contributed by atoms with Crippen molar-refractivity contribution in [1.82, 2.24) is 5.32 Å². The van der Waals surface area contributed by atoms with Gasteiger partial charge in [0.05, 0.1) is 0 Å². The van der Waals surface area contributed by atoms with Crippen LogP contribution in [0.5, 0.6) is 0 Å². The minimum absolute atomic E-state index is 0. The van der Waals surface area contributed by atoms with Crippen molar-refractivity contribution in [2.75, 3.05) is 6.54 Å². The number of carboxylic acid groups (broad SMARTS) is 1.